The van der Waals surface area contributed by atoms with Gasteiger partial charge in [-0.3, -0.25) is 0 Å². The second kappa shape index (κ2) is 7.79. The standard InChI is InChI=1S/C17H13ClF2N2O3S2/c1-25-12-4-2-11(3-5-12)8-22(17-9-26-10-21-17)27(23,24)16-6-13(18)14(19)7-15(16)20/h2-7,9-10H,8H2,1H3. The number of methoxy groups -OCH3 is 1. The largest absolute Gasteiger partial charge is 0.497 e. The number of anilines is 1. The van der Waals surface area contributed by atoms with Gasteiger partial charge in [0.2, 0.25) is 0 Å². The lowest BCUT2D eigenvalue weighted by atomic mass is 10.2. The highest BCUT2D eigenvalue weighted by Gasteiger charge is 2.30. The number of hydrogen-bond acceptors (Lipinski definition) is 5. The van der Waals surface area contributed by atoms with Crippen LogP contribution in [0.4, 0.5) is 14.6 Å². The van der Waals surface area contributed by atoms with Crippen LogP contribution in [0.3, 0.4) is 0 Å². The summed E-state index contributed by atoms with van der Waals surface area (Å²) < 4.78 is 59.9. The number of nitrogens with zero attached hydrogens (tertiary/aromatic N) is 2. The fourth-order valence-electron chi connectivity index (χ4n) is 2.34. The van der Waals surface area contributed by atoms with E-state index in [4.69, 9.17) is 16.3 Å². The van der Waals surface area contributed by atoms with Crippen LogP contribution in [0.5, 0.6) is 5.75 Å². The van der Waals surface area contributed by atoms with E-state index in [1.54, 1.807) is 24.3 Å². The Hall–Kier alpha value is -2.23. The molecule has 0 radical (unpaired) electrons. The zero-order chi connectivity index (χ0) is 19.6. The van der Waals surface area contributed by atoms with Crippen molar-refractivity contribution in [2.45, 2.75) is 11.4 Å². The molecular weight excluding hydrogens is 418 g/mol. The zero-order valence-electron chi connectivity index (χ0n) is 13.9. The smallest absolute Gasteiger partial charge is 0.268 e. The van der Waals surface area contributed by atoms with E-state index < -0.39 is 31.6 Å². The summed E-state index contributed by atoms with van der Waals surface area (Å²) in [4.78, 5) is 3.29. The number of aromatic nitrogens is 1. The molecule has 0 aliphatic carbocycles. The van der Waals surface area contributed by atoms with Crippen LogP contribution in [0.1, 0.15) is 5.56 Å². The zero-order valence-corrected chi connectivity index (χ0v) is 16.3. The SMILES string of the molecule is COc1ccc(CN(c2cscn2)S(=O)(=O)c2cc(Cl)c(F)cc2F)cc1. The molecule has 1 aromatic heterocycles. The van der Waals surface area contributed by atoms with E-state index in [0.29, 0.717) is 17.4 Å². The minimum Gasteiger partial charge on any atom is -0.497 e. The minimum atomic E-state index is -4.39. The Labute approximate surface area is 163 Å². The lowest BCUT2D eigenvalue weighted by Crippen LogP contribution is -2.31. The number of halogens is 3. The molecule has 5 nitrogen and oxygen atoms in total. The van der Waals surface area contributed by atoms with Crippen LogP contribution in [0.15, 0.2) is 52.2 Å². The van der Waals surface area contributed by atoms with Gasteiger partial charge >= 0.3 is 0 Å². The predicted molar refractivity (Wildman–Crippen MR) is 99.8 cm³/mol. The second-order valence-corrected chi connectivity index (χ2v) is 8.36. The van der Waals surface area contributed by atoms with Gasteiger partial charge in [-0.15, -0.1) is 11.3 Å². The molecule has 2 aromatic carbocycles. The van der Waals surface area contributed by atoms with Gasteiger partial charge in [0.05, 0.1) is 24.2 Å². The Kier molecular flexibility index (Phi) is 5.64. The van der Waals surface area contributed by atoms with Crippen LogP contribution in [0.2, 0.25) is 5.02 Å². The number of hydrogen-bond donors (Lipinski definition) is 0. The van der Waals surface area contributed by atoms with E-state index in [-0.39, 0.29) is 12.4 Å². The van der Waals surface area contributed by atoms with Gasteiger partial charge in [0.1, 0.15) is 22.3 Å². The summed E-state index contributed by atoms with van der Waals surface area (Å²) >= 11 is 6.85. The van der Waals surface area contributed by atoms with Gasteiger partial charge in [0.15, 0.2) is 5.82 Å². The van der Waals surface area contributed by atoms with Gasteiger partial charge in [-0.2, -0.15) is 0 Å². The molecule has 1 heterocycles. The third kappa shape index (κ3) is 4.05. The molecule has 0 aliphatic rings. The van der Waals surface area contributed by atoms with Crippen molar-refractivity contribution in [2.24, 2.45) is 0 Å². The third-order valence-corrected chi connectivity index (χ3v) is 6.33. The summed E-state index contributed by atoms with van der Waals surface area (Å²) in [5, 5.41) is 1.03. The van der Waals surface area contributed by atoms with E-state index in [1.807, 2.05) is 0 Å². The molecule has 0 unspecified atom stereocenters. The highest BCUT2D eigenvalue weighted by Crippen LogP contribution is 2.30. The van der Waals surface area contributed by atoms with E-state index in [2.05, 4.69) is 4.98 Å². The van der Waals surface area contributed by atoms with E-state index in [9.17, 15) is 17.2 Å². The highest BCUT2D eigenvalue weighted by atomic mass is 35.5. The second-order valence-electron chi connectivity index (χ2n) is 5.40. The maximum Gasteiger partial charge on any atom is 0.268 e. The Morgan fingerprint density at radius 1 is 1.19 bits per heavy atom. The molecule has 0 atom stereocenters. The van der Waals surface area contributed by atoms with Gasteiger partial charge in [0, 0.05) is 11.4 Å². The Morgan fingerprint density at radius 2 is 1.89 bits per heavy atom. The number of ether oxygens (including phenoxy) is 1. The predicted octanol–water partition coefficient (Wildman–Crippen LogP) is 4.48. The monoisotopic (exact) mass is 430 g/mol. The van der Waals surface area contributed by atoms with Crippen LogP contribution in [0, 0.1) is 11.6 Å². The fourth-order valence-corrected chi connectivity index (χ4v) is 4.65. The molecule has 0 N–H and O–H groups in total. The average Bonchev–Trinajstić information content (AvgIpc) is 3.17. The quantitative estimate of drug-likeness (QED) is 0.541. The maximum absolute atomic E-state index is 14.2. The van der Waals surface area contributed by atoms with Crippen molar-refractivity contribution < 1.29 is 21.9 Å². The van der Waals surface area contributed by atoms with E-state index in [0.717, 1.165) is 10.4 Å². The number of sulfonamides is 1. The van der Waals surface area contributed by atoms with Crippen LogP contribution in [-0.4, -0.2) is 20.5 Å². The van der Waals surface area contributed by atoms with Gasteiger partial charge in [-0.1, -0.05) is 23.7 Å². The van der Waals surface area contributed by atoms with Crippen LogP contribution in [-0.2, 0) is 16.6 Å². The molecular formula is C17H13ClF2N2O3S2. The Balaban J connectivity index is 2.06. The van der Waals surface area contributed by atoms with Crippen molar-refractivity contribution in [3.8, 4) is 5.75 Å². The van der Waals surface area contributed by atoms with Gasteiger partial charge in [-0.05, 0) is 23.8 Å². The van der Waals surface area contributed by atoms with Crippen molar-refractivity contribution in [1.82, 2.24) is 4.98 Å². The first-order chi connectivity index (χ1) is 12.8. The van der Waals surface area contributed by atoms with Crippen molar-refractivity contribution in [3.05, 3.63) is 69.5 Å². The lowest BCUT2D eigenvalue weighted by Gasteiger charge is -2.23. The summed E-state index contributed by atoms with van der Waals surface area (Å²) in [6, 6.07) is 7.92. The molecule has 10 heteroatoms. The molecule has 0 aliphatic heterocycles. The molecule has 27 heavy (non-hydrogen) atoms. The first kappa shape index (κ1) is 19.5. The molecule has 0 bridgehead atoms. The van der Waals surface area contributed by atoms with Crippen LogP contribution < -0.4 is 9.04 Å². The van der Waals surface area contributed by atoms with Crippen molar-refractivity contribution in [1.29, 1.82) is 0 Å². The first-order valence-corrected chi connectivity index (χ1v) is 10.3. The topological polar surface area (TPSA) is 59.5 Å². The molecule has 0 spiro atoms. The Bertz CT molecular complexity index is 1040. The number of rotatable bonds is 6. The highest BCUT2D eigenvalue weighted by molar-refractivity contribution is 7.92. The Morgan fingerprint density at radius 3 is 2.48 bits per heavy atom. The first-order valence-electron chi connectivity index (χ1n) is 7.51. The summed E-state index contributed by atoms with van der Waals surface area (Å²) in [6.07, 6.45) is 0. The summed E-state index contributed by atoms with van der Waals surface area (Å²) in [5.74, 6) is -1.54. The van der Waals surface area contributed by atoms with Crippen LogP contribution in [0.25, 0.3) is 0 Å². The molecule has 3 aromatic rings. The molecule has 0 fully saturated rings. The average molecular weight is 431 g/mol. The number of benzene rings is 2. The maximum atomic E-state index is 14.2. The van der Waals surface area contributed by atoms with Gasteiger partial charge in [-0.25, -0.2) is 26.5 Å². The third-order valence-electron chi connectivity index (χ3n) is 3.70. The lowest BCUT2D eigenvalue weighted by molar-refractivity contribution is 0.414. The number of thiazole rings is 1. The van der Waals surface area contributed by atoms with Crippen molar-refractivity contribution in [2.75, 3.05) is 11.4 Å². The summed E-state index contributed by atoms with van der Waals surface area (Å²) in [7, 11) is -2.87. The van der Waals surface area contributed by atoms with Gasteiger partial charge < -0.3 is 4.74 Å². The normalized spacial score (nSPS) is 11.4. The van der Waals surface area contributed by atoms with E-state index in [1.165, 1.54) is 29.3 Å². The van der Waals surface area contributed by atoms with Gasteiger partial charge in [0.25, 0.3) is 10.0 Å². The van der Waals surface area contributed by atoms with Crippen LogP contribution >= 0.6 is 22.9 Å². The van der Waals surface area contributed by atoms with Crippen molar-refractivity contribution >= 4 is 38.8 Å². The summed E-state index contributed by atoms with van der Waals surface area (Å²) in [5.41, 5.74) is 2.08. The molecule has 0 saturated carbocycles. The molecule has 0 amide bonds. The summed E-state index contributed by atoms with van der Waals surface area (Å²) in [6.45, 7) is -0.107. The minimum absolute atomic E-state index is 0.107. The van der Waals surface area contributed by atoms with E-state index >= 15 is 0 Å². The van der Waals surface area contributed by atoms with Crippen molar-refractivity contribution in [3.63, 3.8) is 0 Å². The molecule has 0 saturated heterocycles. The molecule has 3 rings (SSSR count). The molecule has 142 valence electrons. The fraction of sp³-hybridized carbons (Fsp3) is 0.118.